The zero-order valence-electron chi connectivity index (χ0n) is 9.36. The fourth-order valence-corrected chi connectivity index (χ4v) is 3.20. The predicted octanol–water partition coefficient (Wildman–Crippen LogP) is 2.96. The Morgan fingerprint density at radius 2 is 2.40 bits per heavy atom. The number of nitrogens with two attached hydrogens (primary N) is 1. The average Bonchev–Trinajstić information content (AvgIpc) is 2.76. The van der Waals surface area contributed by atoms with E-state index in [-0.39, 0.29) is 0 Å². The maximum absolute atomic E-state index is 5.60. The molecule has 0 bridgehead atoms. The first-order valence-electron chi connectivity index (χ1n) is 5.69. The number of nitrogen functional groups attached to an aromatic ring is 1. The van der Waals surface area contributed by atoms with Crippen LogP contribution < -0.4 is 11.1 Å². The Kier molecular flexibility index (Phi) is 3.14. The minimum atomic E-state index is 0.606. The number of hydrogen-bond acceptors (Lipinski definition) is 4. The molecular formula is C11H19N3S. The highest BCUT2D eigenvalue weighted by molar-refractivity contribution is 7.10. The van der Waals surface area contributed by atoms with Gasteiger partial charge in [0.25, 0.3) is 0 Å². The average molecular weight is 225 g/mol. The van der Waals surface area contributed by atoms with Crippen LogP contribution in [0.1, 0.15) is 33.1 Å². The van der Waals surface area contributed by atoms with Crippen molar-refractivity contribution in [2.24, 2.45) is 11.8 Å². The van der Waals surface area contributed by atoms with Crippen LogP contribution in [0.4, 0.5) is 10.8 Å². The molecule has 1 heterocycles. The fraction of sp³-hybridized carbons (Fsp3) is 0.727. The lowest BCUT2D eigenvalue weighted by molar-refractivity contribution is 0.392. The van der Waals surface area contributed by atoms with Gasteiger partial charge in [0, 0.05) is 12.1 Å². The standard InChI is InChI=1S/C11H19N3S/c1-3-8-4-5-9(7(8)2)13-11-6-10(12)14-15-11/h6-9,13H,3-5H2,1-2H3,(H2,12,14). The molecule has 0 radical (unpaired) electrons. The molecule has 0 spiro atoms. The van der Waals surface area contributed by atoms with Crippen molar-refractivity contribution in [3.63, 3.8) is 0 Å². The summed E-state index contributed by atoms with van der Waals surface area (Å²) < 4.78 is 4.08. The lowest BCUT2D eigenvalue weighted by atomic mass is 9.93. The molecule has 1 aromatic heterocycles. The Labute approximate surface area is 95.2 Å². The van der Waals surface area contributed by atoms with Crippen LogP contribution in [0.5, 0.6) is 0 Å². The second kappa shape index (κ2) is 4.39. The van der Waals surface area contributed by atoms with E-state index in [9.17, 15) is 0 Å². The molecule has 0 amide bonds. The number of aromatic nitrogens is 1. The SMILES string of the molecule is CCC1CCC(Nc2cc(N)ns2)C1C. The molecule has 84 valence electrons. The summed E-state index contributed by atoms with van der Waals surface area (Å²) in [5, 5.41) is 4.66. The smallest absolute Gasteiger partial charge is 0.139 e. The van der Waals surface area contributed by atoms with Crippen LogP contribution in [-0.2, 0) is 0 Å². The maximum atomic E-state index is 5.60. The zero-order chi connectivity index (χ0) is 10.8. The van der Waals surface area contributed by atoms with Gasteiger partial charge in [0.1, 0.15) is 10.8 Å². The van der Waals surface area contributed by atoms with E-state index >= 15 is 0 Å². The minimum absolute atomic E-state index is 0.606. The van der Waals surface area contributed by atoms with Crippen LogP contribution in [0.3, 0.4) is 0 Å². The monoisotopic (exact) mass is 225 g/mol. The molecule has 0 aliphatic heterocycles. The highest BCUT2D eigenvalue weighted by atomic mass is 32.1. The van der Waals surface area contributed by atoms with E-state index in [0.29, 0.717) is 11.9 Å². The third-order valence-electron chi connectivity index (χ3n) is 3.61. The second-order valence-electron chi connectivity index (χ2n) is 4.47. The van der Waals surface area contributed by atoms with Crippen LogP contribution in [-0.4, -0.2) is 10.4 Å². The first kappa shape index (κ1) is 10.7. The summed E-state index contributed by atoms with van der Waals surface area (Å²) in [6, 6.07) is 2.53. The van der Waals surface area contributed by atoms with Gasteiger partial charge in [-0.25, -0.2) is 0 Å². The van der Waals surface area contributed by atoms with Crippen LogP contribution in [0, 0.1) is 11.8 Å². The van der Waals surface area contributed by atoms with Gasteiger partial charge in [-0.15, -0.1) is 0 Å². The quantitative estimate of drug-likeness (QED) is 0.831. The third kappa shape index (κ3) is 2.25. The minimum Gasteiger partial charge on any atom is -0.383 e. The van der Waals surface area contributed by atoms with E-state index < -0.39 is 0 Å². The van der Waals surface area contributed by atoms with Crippen molar-refractivity contribution < 1.29 is 0 Å². The van der Waals surface area contributed by atoms with Crippen LogP contribution in [0.15, 0.2) is 6.07 Å². The van der Waals surface area contributed by atoms with Gasteiger partial charge in [0.2, 0.25) is 0 Å². The van der Waals surface area contributed by atoms with Gasteiger partial charge < -0.3 is 11.1 Å². The van der Waals surface area contributed by atoms with Crippen molar-refractivity contribution >= 4 is 22.4 Å². The van der Waals surface area contributed by atoms with E-state index in [1.165, 1.54) is 30.8 Å². The van der Waals surface area contributed by atoms with Crippen molar-refractivity contribution in [1.29, 1.82) is 0 Å². The fourth-order valence-electron chi connectivity index (χ4n) is 2.57. The Morgan fingerprint density at radius 1 is 1.60 bits per heavy atom. The van der Waals surface area contributed by atoms with E-state index in [4.69, 9.17) is 5.73 Å². The molecule has 3 N–H and O–H groups in total. The highest BCUT2D eigenvalue weighted by Crippen LogP contribution is 2.36. The molecule has 1 aromatic rings. The van der Waals surface area contributed by atoms with Crippen LogP contribution in [0.2, 0.25) is 0 Å². The van der Waals surface area contributed by atoms with Crippen molar-refractivity contribution in [2.45, 2.75) is 39.2 Å². The van der Waals surface area contributed by atoms with Gasteiger partial charge in [-0.3, -0.25) is 0 Å². The van der Waals surface area contributed by atoms with Gasteiger partial charge >= 0.3 is 0 Å². The number of nitrogens with one attached hydrogen (secondary N) is 1. The van der Waals surface area contributed by atoms with E-state index in [0.717, 1.165) is 16.8 Å². The Balaban J connectivity index is 1.96. The number of rotatable bonds is 3. The van der Waals surface area contributed by atoms with E-state index in [1.54, 1.807) is 0 Å². The third-order valence-corrected chi connectivity index (χ3v) is 4.34. The molecule has 1 saturated carbocycles. The molecule has 3 unspecified atom stereocenters. The molecule has 15 heavy (non-hydrogen) atoms. The van der Waals surface area contributed by atoms with Gasteiger partial charge in [0.15, 0.2) is 0 Å². The van der Waals surface area contributed by atoms with Crippen LogP contribution in [0.25, 0.3) is 0 Å². The van der Waals surface area contributed by atoms with Gasteiger partial charge in [0.05, 0.1) is 0 Å². The molecule has 3 nitrogen and oxygen atoms in total. The highest BCUT2D eigenvalue weighted by Gasteiger charge is 2.31. The topological polar surface area (TPSA) is 50.9 Å². The van der Waals surface area contributed by atoms with Crippen molar-refractivity contribution in [3.8, 4) is 0 Å². The maximum Gasteiger partial charge on any atom is 0.139 e. The van der Waals surface area contributed by atoms with Gasteiger partial charge in [-0.1, -0.05) is 20.3 Å². The van der Waals surface area contributed by atoms with Gasteiger partial charge in [-0.2, -0.15) is 4.37 Å². The lowest BCUT2D eigenvalue weighted by Crippen LogP contribution is -2.24. The summed E-state index contributed by atoms with van der Waals surface area (Å²) in [5.41, 5.74) is 5.60. The summed E-state index contributed by atoms with van der Waals surface area (Å²) in [5.74, 6) is 2.27. The Hall–Kier alpha value is -0.770. The summed E-state index contributed by atoms with van der Waals surface area (Å²) in [4.78, 5) is 0. The summed E-state index contributed by atoms with van der Waals surface area (Å²) in [7, 11) is 0. The van der Waals surface area contributed by atoms with Crippen molar-refractivity contribution in [2.75, 3.05) is 11.1 Å². The summed E-state index contributed by atoms with van der Waals surface area (Å²) in [6.45, 7) is 4.64. The normalized spacial score (nSPS) is 30.7. The van der Waals surface area contributed by atoms with E-state index in [2.05, 4.69) is 23.5 Å². The first-order chi connectivity index (χ1) is 7.20. The number of hydrogen-bond donors (Lipinski definition) is 2. The molecule has 2 rings (SSSR count). The molecule has 1 aliphatic rings. The Bertz CT molecular complexity index is 323. The first-order valence-corrected chi connectivity index (χ1v) is 6.46. The zero-order valence-corrected chi connectivity index (χ0v) is 10.2. The molecule has 3 atom stereocenters. The molecule has 0 aromatic carbocycles. The molecule has 1 fully saturated rings. The van der Waals surface area contributed by atoms with Crippen LogP contribution >= 0.6 is 11.5 Å². The lowest BCUT2D eigenvalue weighted by Gasteiger charge is -2.20. The number of nitrogens with zero attached hydrogens (tertiary/aromatic N) is 1. The summed E-state index contributed by atoms with van der Waals surface area (Å²) in [6.07, 6.45) is 3.92. The molecule has 4 heteroatoms. The second-order valence-corrected chi connectivity index (χ2v) is 5.28. The van der Waals surface area contributed by atoms with Crippen molar-refractivity contribution in [1.82, 2.24) is 4.37 Å². The molecular weight excluding hydrogens is 206 g/mol. The largest absolute Gasteiger partial charge is 0.383 e. The number of anilines is 2. The molecule has 1 aliphatic carbocycles. The summed E-state index contributed by atoms with van der Waals surface area (Å²) >= 11 is 1.46. The molecule has 0 saturated heterocycles. The predicted molar refractivity (Wildman–Crippen MR) is 66.1 cm³/mol. The van der Waals surface area contributed by atoms with E-state index in [1.807, 2.05) is 6.07 Å². The van der Waals surface area contributed by atoms with Crippen molar-refractivity contribution in [3.05, 3.63) is 6.07 Å². The Morgan fingerprint density at radius 3 is 2.93 bits per heavy atom. The van der Waals surface area contributed by atoms with Gasteiger partial charge in [-0.05, 0) is 36.2 Å².